The van der Waals surface area contributed by atoms with Crippen LogP contribution in [-0.2, 0) is 5.41 Å². The number of benzene rings is 3. The number of fused-ring (bicyclic) bond motifs is 2. The summed E-state index contributed by atoms with van der Waals surface area (Å²) in [7, 11) is 0. The Labute approximate surface area is 206 Å². The molecule has 0 aromatic heterocycles. The molecule has 35 heavy (non-hydrogen) atoms. The minimum Gasteiger partial charge on any atom is -0.493 e. The van der Waals surface area contributed by atoms with Gasteiger partial charge in [-0.1, -0.05) is 66.7 Å². The number of aliphatic hydroxyl groups excluding tert-OH is 1. The van der Waals surface area contributed by atoms with Crippen molar-refractivity contribution >= 4 is 0 Å². The summed E-state index contributed by atoms with van der Waals surface area (Å²) >= 11 is 0. The topological polar surface area (TPSA) is 44.7 Å². The average molecular weight is 473 g/mol. The zero-order valence-corrected chi connectivity index (χ0v) is 19.9. The van der Waals surface area contributed by atoms with Crippen LogP contribution in [-0.4, -0.2) is 42.5 Å². The first kappa shape index (κ1) is 22.7. The molecule has 1 spiro atoms. The van der Waals surface area contributed by atoms with Crippen LogP contribution in [0.1, 0.15) is 47.9 Å². The van der Waals surface area contributed by atoms with E-state index < -0.39 is 6.23 Å². The minimum absolute atomic E-state index is 0.00454. The lowest BCUT2D eigenvalue weighted by molar-refractivity contribution is -0.0939. The summed E-state index contributed by atoms with van der Waals surface area (Å²) in [6.45, 7) is 2.93. The van der Waals surface area contributed by atoms with Crippen molar-refractivity contribution in [3.63, 3.8) is 0 Å². The summed E-state index contributed by atoms with van der Waals surface area (Å²) in [5.74, 6) is 1.06. The molecule has 2 N–H and O–H groups in total. The molecule has 4 nitrogen and oxygen atoms in total. The van der Waals surface area contributed by atoms with Gasteiger partial charge in [0.25, 0.3) is 0 Å². The van der Waals surface area contributed by atoms with E-state index in [4.69, 9.17) is 4.74 Å². The highest BCUT2D eigenvalue weighted by atomic mass is 19.1. The molecular weight excluding hydrogens is 439 g/mol. The van der Waals surface area contributed by atoms with Crippen LogP contribution < -0.4 is 10.1 Å². The summed E-state index contributed by atoms with van der Waals surface area (Å²) in [6.07, 6.45) is 1.91. The maximum Gasteiger partial charge on any atom is 0.127 e. The zero-order chi connectivity index (χ0) is 23.8. The Morgan fingerprint density at radius 1 is 1.00 bits per heavy atom. The number of nitrogens with zero attached hydrogens (tertiary/aromatic N) is 1. The van der Waals surface area contributed by atoms with E-state index in [1.165, 1.54) is 11.1 Å². The smallest absolute Gasteiger partial charge is 0.127 e. The first-order chi connectivity index (χ1) is 17.2. The van der Waals surface area contributed by atoms with E-state index in [9.17, 15) is 5.11 Å². The van der Waals surface area contributed by atoms with Crippen molar-refractivity contribution in [1.29, 1.82) is 0 Å². The molecule has 5 unspecified atom stereocenters. The molecule has 0 bridgehead atoms. The molecule has 5 heteroatoms. The van der Waals surface area contributed by atoms with E-state index in [-0.39, 0.29) is 23.2 Å². The van der Waals surface area contributed by atoms with E-state index in [1.54, 1.807) is 12.1 Å². The maximum atomic E-state index is 15.1. The number of hydrogen-bond donors (Lipinski definition) is 2. The number of rotatable bonds is 4. The van der Waals surface area contributed by atoms with Crippen LogP contribution >= 0.6 is 0 Å². The number of nitrogens with one attached hydrogen (secondary N) is 1. The summed E-state index contributed by atoms with van der Waals surface area (Å²) in [5.41, 5.74) is 2.96. The largest absolute Gasteiger partial charge is 0.493 e. The molecule has 2 fully saturated rings. The van der Waals surface area contributed by atoms with E-state index in [0.717, 1.165) is 44.6 Å². The molecule has 0 aliphatic carbocycles. The summed E-state index contributed by atoms with van der Waals surface area (Å²) < 4.78 is 21.1. The van der Waals surface area contributed by atoms with Gasteiger partial charge in [0.1, 0.15) is 17.8 Å². The molecule has 6 rings (SSSR count). The minimum atomic E-state index is -0.683. The van der Waals surface area contributed by atoms with E-state index >= 15 is 4.39 Å². The van der Waals surface area contributed by atoms with Gasteiger partial charge in [-0.3, -0.25) is 4.90 Å². The second-order valence-electron chi connectivity index (χ2n) is 10.3. The molecule has 3 aromatic carbocycles. The third-order valence-electron chi connectivity index (χ3n) is 8.62. The number of ether oxygens (including phenoxy) is 1. The Balaban J connectivity index is 1.35. The third-order valence-corrected chi connectivity index (χ3v) is 8.62. The van der Waals surface area contributed by atoms with Gasteiger partial charge in [0.15, 0.2) is 0 Å². The fourth-order valence-electron chi connectivity index (χ4n) is 6.83. The predicted molar refractivity (Wildman–Crippen MR) is 135 cm³/mol. The summed E-state index contributed by atoms with van der Waals surface area (Å²) in [5, 5.41) is 15.6. The lowest BCUT2D eigenvalue weighted by Crippen LogP contribution is -2.53. The van der Waals surface area contributed by atoms with Gasteiger partial charge >= 0.3 is 0 Å². The number of likely N-dealkylation sites (tertiary alicyclic amines) is 1. The Morgan fingerprint density at radius 2 is 1.77 bits per heavy atom. The standard InChI is InChI=1S/C30H33FN2O2/c31-26-12-6-4-10-23(26)27-18-22(21-8-2-1-3-9-21)14-16-33(27)29(34)25-19-32-20-30(25)15-17-35-28-13-7-5-11-24(28)30/h1-13,22,25,27,29,32,34H,14-20H2. The van der Waals surface area contributed by atoms with Crippen LogP contribution in [0.5, 0.6) is 5.75 Å². The molecule has 2 saturated heterocycles. The Bertz CT molecular complexity index is 1170. The molecule has 3 aromatic rings. The van der Waals surface area contributed by atoms with Crippen molar-refractivity contribution < 1.29 is 14.2 Å². The molecular formula is C30H33FN2O2. The molecule has 0 saturated carbocycles. The fraction of sp³-hybridized carbons (Fsp3) is 0.400. The lowest BCUT2D eigenvalue weighted by Gasteiger charge is -2.48. The van der Waals surface area contributed by atoms with Crippen LogP contribution in [0.15, 0.2) is 78.9 Å². The van der Waals surface area contributed by atoms with Gasteiger partial charge in [-0.25, -0.2) is 4.39 Å². The monoisotopic (exact) mass is 472 g/mol. The quantitative estimate of drug-likeness (QED) is 0.561. The highest BCUT2D eigenvalue weighted by Crippen LogP contribution is 2.49. The zero-order valence-electron chi connectivity index (χ0n) is 19.9. The van der Waals surface area contributed by atoms with Crippen LogP contribution in [0.4, 0.5) is 4.39 Å². The molecule has 5 atom stereocenters. The molecule has 3 aliphatic heterocycles. The Hall–Kier alpha value is -2.73. The third kappa shape index (κ3) is 3.96. The normalized spacial score (nSPS) is 29.5. The second-order valence-corrected chi connectivity index (χ2v) is 10.3. The maximum absolute atomic E-state index is 15.1. The van der Waals surface area contributed by atoms with Crippen molar-refractivity contribution in [2.24, 2.45) is 5.92 Å². The van der Waals surface area contributed by atoms with Crippen molar-refractivity contribution in [1.82, 2.24) is 10.2 Å². The van der Waals surface area contributed by atoms with Crippen molar-refractivity contribution in [3.05, 3.63) is 101 Å². The Kier molecular flexibility index (Phi) is 6.09. The second kappa shape index (κ2) is 9.38. The van der Waals surface area contributed by atoms with E-state index in [2.05, 4.69) is 46.6 Å². The van der Waals surface area contributed by atoms with E-state index in [0.29, 0.717) is 18.1 Å². The molecule has 3 heterocycles. The molecule has 0 radical (unpaired) electrons. The van der Waals surface area contributed by atoms with Crippen LogP contribution in [0.2, 0.25) is 0 Å². The van der Waals surface area contributed by atoms with Crippen molar-refractivity contribution in [2.75, 3.05) is 26.2 Å². The first-order valence-corrected chi connectivity index (χ1v) is 12.8. The fourth-order valence-corrected chi connectivity index (χ4v) is 6.83. The molecule has 182 valence electrons. The predicted octanol–water partition coefficient (Wildman–Crippen LogP) is 5.00. The highest BCUT2D eigenvalue weighted by molar-refractivity contribution is 5.43. The number of para-hydroxylation sites is 1. The summed E-state index contributed by atoms with van der Waals surface area (Å²) in [6, 6.07) is 25.7. The molecule has 0 amide bonds. The van der Waals surface area contributed by atoms with Gasteiger partial charge in [-0.15, -0.1) is 0 Å². The number of aliphatic hydroxyl groups is 1. The van der Waals surface area contributed by atoms with Gasteiger partial charge in [-0.05, 0) is 42.9 Å². The highest BCUT2D eigenvalue weighted by Gasteiger charge is 2.52. The van der Waals surface area contributed by atoms with Crippen LogP contribution in [0.25, 0.3) is 0 Å². The Morgan fingerprint density at radius 3 is 2.63 bits per heavy atom. The first-order valence-electron chi connectivity index (χ1n) is 12.8. The number of halogens is 1. The number of piperidine rings is 1. The van der Waals surface area contributed by atoms with Crippen LogP contribution in [0, 0.1) is 11.7 Å². The van der Waals surface area contributed by atoms with Gasteiger partial charge in [-0.2, -0.15) is 0 Å². The van der Waals surface area contributed by atoms with Gasteiger partial charge in [0.05, 0.1) is 6.61 Å². The van der Waals surface area contributed by atoms with Crippen molar-refractivity contribution in [3.8, 4) is 5.75 Å². The molecule has 3 aliphatic rings. The average Bonchev–Trinajstić information content (AvgIpc) is 3.33. The van der Waals surface area contributed by atoms with Gasteiger partial charge < -0.3 is 15.2 Å². The van der Waals surface area contributed by atoms with Gasteiger partial charge in [0, 0.05) is 48.1 Å². The van der Waals surface area contributed by atoms with Crippen molar-refractivity contribution in [2.45, 2.75) is 42.9 Å². The van der Waals surface area contributed by atoms with E-state index in [1.807, 2.05) is 30.3 Å². The number of hydrogen-bond acceptors (Lipinski definition) is 4. The van der Waals surface area contributed by atoms with Gasteiger partial charge in [0.2, 0.25) is 0 Å². The summed E-state index contributed by atoms with van der Waals surface area (Å²) in [4.78, 5) is 2.18. The SMILES string of the molecule is OC(C1CNCC12CCOc1ccccc12)N1CCC(c2ccccc2)CC1c1ccccc1F. The van der Waals surface area contributed by atoms with Crippen LogP contribution in [0.3, 0.4) is 0 Å². The lowest BCUT2D eigenvalue weighted by atomic mass is 9.67.